The van der Waals surface area contributed by atoms with E-state index in [1.54, 1.807) is 12.1 Å². The average molecular weight is 457 g/mol. The highest BCUT2D eigenvalue weighted by molar-refractivity contribution is 6.06. The van der Waals surface area contributed by atoms with Crippen molar-refractivity contribution in [2.24, 2.45) is 0 Å². The zero-order valence-electron chi connectivity index (χ0n) is 19.3. The molecule has 2 aromatic rings. The fraction of sp³-hybridized carbons (Fsp3) is 0.321. The zero-order chi connectivity index (χ0) is 23.7. The third kappa shape index (κ3) is 4.28. The number of benzene rings is 2. The van der Waals surface area contributed by atoms with Crippen molar-refractivity contribution in [1.29, 1.82) is 0 Å². The monoisotopic (exact) mass is 456 g/mol. The summed E-state index contributed by atoms with van der Waals surface area (Å²) >= 11 is 0. The van der Waals surface area contributed by atoms with Gasteiger partial charge in [0.05, 0.1) is 0 Å². The van der Waals surface area contributed by atoms with Crippen LogP contribution in [0.3, 0.4) is 0 Å². The summed E-state index contributed by atoms with van der Waals surface area (Å²) in [5.74, 6) is 0.243. The topological polar surface area (TPSA) is 84.5 Å². The van der Waals surface area contributed by atoms with Gasteiger partial charge in [-0.2, -0.15) is 0 Å². The van der Waals surface area contributed by atoms with E-state index in [0.29, 0.717) is 18.6 Å². The van der Waals surface area contributed by atoms with Gasteiger partial charge in [0, 0.05) is 47.0 Å². The van der Waals surface area contributed by atoms with Gasteiger partial charge in [0.25, 0.3) is 5.91 Å². The minimum absolute atomic E-state index is 0.109. The molecular weight excluding hydrogens is 428 g/mol. The standard InChI is InChI=1S/C28H28N2O4/c1-17-6-2-3-7-20(17)30-25(33)16-34-19-14-12-18(13-15-19)26-27-21(8-4-10-23(27)31)29-22-9-5-11-24(32)28(22)26/h2-3,6-7,12-15,26,29H,4-5,8-11,16H2,1H3,(H,30,33). The lowest BCUT2D eigenvalue weighted by Crippen LogP contribution is -2.36. The maximum absolute atomic E-state index is 12.9. The molecule has 0 atom stereocenters. The highest BCUT2D eigenvalue weighted by Gasteiger charge is 2.40. The molecule has 6 nitrogen and oxygen atoms in total. The van der Waals surface area contributed by atoms with Gasteiger partial charge < -0.3 is 15.4 Å². The van der Waals surface area contributed by atoms with E-state index in [4.69, 9.17) is 4.74 Å². The molecule has 0 spiro atoms. The van der Waals surface area contributed by atoms with Gasteiger partial charge in [0.15, 0.2) is 18.2 Å². The molecule has 0 radical (unpaired) electrons. The number of amides is 1. The SMILES string of the molecule is Cc1ccccc1NC(=O)COc1ccc(C2C3=C(CCCC3=O)NC3=C2C(=O)CCC3)cc1. The first-order chi connectivity index (χ1) is 16.5. The number of ketones is 2. The summed E-state index contributed by atoms with van der Waals surface area (Å²) in [4.78, 5) is 38.1. The van der Waals surface area contributed by atoms with Crippen LogP contribution in [0.15, 0.2) is 71.1 Å². The molecule has 5 rings (SSSR count). The quantitative estimate of drug-likeness (QED) is 0.681. The smallest absolute Gasteiger partial charge is 0.262 e. The molecule has 1 aliphatic heterocycles. The highest BCUT2D eigenvalue weighted by atomic mass is 16.5. The molecule has 3 aliphatic rings. The summed E-state index contributed by atoms with van der Waals surface area (Å²) in [7, 11) is 0. The Bertz CT molecular complexity index is 1180. The number of dihydropyridines is 1. The fourth-order valence-electron chi connectivity index (χ4n) is 5.12. The van der Waals surface area contributed by atoms with Crippen LogP contribution in [-0.4, -0.2) is 24.1 Å². The second-order valence-electron chi connectivity index (χ2n) is 9.12. The molecule has 0 bridgehead atoms. The number of rotatable bonds is 5. The normalized spacial score (nSPS) is 18.3. The minimum atomic E-state index is -0.328. The first-order valence-corrected chi connectivity index (χ1v) is 11.9. The van der Waals surface area contributed by atoms with E-state index in [0.717, 1.165) is 65.0 Å². The maximum atomic E-state index is 12.9. The van der Waals surface area contributed by atoms with Crippen LogP contribution < -0.4 is 15.4 Å². The summed E-state index contributed by atoms with van der Waals surface area (Å²) in [5, 5.41) is 6.29. The zero-order valence-corrected chi connectivity index (χ0v) is 19.3. The predicted molar refractivity (Wildman–Crippen MR) is 129 cm³/mol. The molecule has 6 heteroatoms. The molecule has 2 aromatic carbocycles. The molecule has 0 saturated heterocycles. The van der Waals surface area contributed by atoms with Crippen LogP contribution in [0.1, 0.15) is 55.6 Å². The second-order valence-corrected chi connectivity index (χ2v) is 9.12. The Morgan fingerprint density at radius 3 is 2.15 bits per heavy atom. The van der Waals surface area contributed by atoms with Crippen molar-refractivity contribution in [1.82, 2.24) is 5.32 Å². The summed E-state index contributed by atoms with van der Waals surface area (Å²) in [6.07, 6.45) is 4.38. The largest absolute Gasteiger partial charge is 0.484 e. The van der Waals surface area contributed by atoms with Crippen molar-refractivity contribution >= 4 is 23.2 Å². The summed E-state index contributed by atoms with van der Waals surface area (Å²) in [5.41, 5.74) is 6.09. The Balaban J connectivity index is 1.34. The van der Waals surface area contributed by atoms with Gasteiger partial charge in [-0.05, 0) is 61.9 Å². The van der Waals surface area contributed by atoms with Gasteiger partial charge in [-0.15, -0.1) is 0 Å². The third-order valence-electron chi connectivity index (χ3n) is 6.79. The molecule has 0 fully saturated rings. The van der Waals surface area contributed by atoms with Crippen molar-refractivity contribution in [3.63, 3.8) is 0 Å². The fourth-order valence-corrected chi connectivity index (χ4v) is 5.12. The van der Waals surface area contributed by atoms with E-state index in [2.05, 4.69) is 10.6 Å². The number of Topliss-reactive ketones (excluding diaryl/α,β-unsaturated/α-hetero) is 2. The lowest BCUT2D eigenvalue weighted by molar-refractivity contribution is -0.118. The van der Waals surface area contributed by atoms with Crippen LogP contribution in [0.2, 0.25) is 0 Å². The van der Waals surface area contributed by atoms with Gasteiger partial charge in [0.1, 0.15) is 5.75 Å². The van der Waals surface area contributed by atoms with E-state index in [-0.39, 0.29) is 30.0 Å². The minimum Gasteiger partial charge on any atom is -0.484 e. The Labute approximate surface area is 199 Å². The number of anilines is 1. The number of allylic oxidation sites excluding steroid dienone is 4. The maximum Gasteiger partial charge on any atom is 0.262 e. The molecule has 174 valence electrons. The van der Waals surface area contributed by atoms with Gasteiger partial charge in [-0.1, -0.05) is 30.3 Å². The molecule has 2 aliphatic carbocycles. The lowest BCUT2D eigenvalue weighted by atomic mass is 9.71. The number of hydrogen-bond acceptors (Lipinski definition) is 5. The van der Waals surface area contributed by atoms with Crippen molar-refractivity contribution in [2.45, 2.75) is 51.4 Å². The number of para-hydroxylation sites is 1. The average Bonchev–Trinajstić information content (AvgIpc) is 2.84. The molecule has 1 heterocycles. The Morgan fingerprint density at radius 1 is 0.912 bits per heavy atom. The third-order valence-corrected chi connectivity index (χ3v) is 6.79. The van der Waals surface area contributed by atoms with E-state index in [1.807, 2.05) is 43.3 Å². The van der Waals surface area contributed by atoms with E-state index >= 15 is 0 Å². The molecule has 0 unspecified atom stereocenters. The second kappa shape index (κ2) is 9.29. The van der Waals surface area contributed by atoms with Crippen molar-refractivity contribution in [2.75, 3.05) is 11.9 Å². The summed E-state index contributed by atoms with van der Waals surface area (Å²) < 4.78 is 5.70. The molecule has 0 aromatic heterocycles. The van der Waals surface area contributed by atoms with Crippen LogP contribution >= 0.6 is 0 Å². The van der Waals surface area contributed by atoms with Crippen LogP contribution in [0.5, 0.6) is 5.75 Å². The first kappa shape index (κ1) is 22.1. The van der Waals surface area contributed by atoms with Crippen LogP contribution in [0, 0.1) is 6.92 Å². The number of carbonyl (C=O) groups excluding carboxylic acids is 3. The molecule has 0 saturated carbocycles. The van der Waals surface area contributed by atoms with Crippen molar-refractivity contribution in [3.05, 3.63) is 82.2 Å². The first-order valence-electron chi connectivity index (χ1n) is 11.9. The molecule has 34 heavy (non-hydrogen) atoms. The number of carbonyl (C=O) groups is 3. The van der Waals surface area contributed by atoms with Crippen LogP contribution in [0.25, 0.3) is 0 Å². The van der Waals surface area contributed by atoms with Gasteiger partial charge >= 0.3 is 0 Å². The van der Waals surface area contributed by atoms with E-state index < -0.39 is 0 Å². The molecule has 1 amide bonds. The highest BCUT2D eigenvalue weighted by Crippen LogP contribution is 2.45. The van der Waals surface area contributed by atoms with Crippen molar-refractivity contribution in [3.8, 4) is 5.75 Å². The summed E-state index contributed by atoms with van der Waals surface area (Å²) in [6.45, 7) is 1.83. The number of nitrogens with one attached hydrogen (secondary N) is 2. The van der Waals surface area contributed by atoms with Gasteiger partial charge in [-0.25, -0.2) is 0 Å². The van der Waals surface area contributed by atoms with Gasteiger partial charge in [0.2, 0.25) is 0 Å². The van der Waals surface area contributed by atoms with Crippen LogP contribution in [-0.2, 0) is 14.4 Å². The van der Waals surface area contributed by atoms with Crippen LogP contribution in [0.4, 0.5) is 5.69 Å². The van der Waals surface area contributed by atoms with Gasteiger partial charge in [-0.3, -0.25) is 14.4 Å². The Hall–Kier alpha value is -3.67. The Kier molecular flexibility index (Phi) is 6.05. The van der Waals surface area contributed by atoms with E-state index in [1.165, 1.54) is 0 Å². The number of ether oxygens (including phenoxy) is 1. The van der Waals surface area contributed by atoms with Crippen molar-refractivity contribution < 1.29 is 19.1 Å². The van der Waals surface area contributed by atoms with E-state index in [9.17, 15) is 14.4 Å². The lowest BCUT2D eigenvalue weighted by Gasteiger charge is -2.37. The number of hydrogen-bond donors (Lipinski definition) is 2. The predicted octanol–water partition coefficient (Wildman–Crippen LogP) is 4.71. The molecule has 2 N–H and O–H groups in total. The Morgan fingerprint density at radius 2 is 1.53 bits per heavy atom. The summed E-state index contributed by atoms with van der Waals surface area (Å²) in [6, 6.07) is 15.0. The molecular formula is C28H28N2O4. The number of aryl methyl sites for hydroxylation is 1.